The molecule has 1 aliphatic carbocycles. The fraction of sp³-hybridized carbons (Fsp3) is 0.462. The van der Waals surface area contributed by atoms with E-state index >= 15 is 0 Å². The molecular weight excluding hydrogens is 448 g/mol. The van der Waals surface area contributed by atoms with Crippen LogP contribution in [0.25, 0.3) is 21.3 Å². The van der Waals surface area contributed by atoms with Crippen molar-refractivity contribution in [1.29, 1.82) is 0 Å². The number of aliphatic hydroxyl groups is 1. The molecule has 0 radical (unpaired) electrons. The number of ether oxygens (including phenoxy) is 2. The van der Waals surface area contributed by atoms with Gasteiger partial charge >= 0.3 is 0 Å². The summed E-state index contributed by atoms with van der Waals surface area (Å²) in [5, 5.41) is 10.3. The molecule has 0 amide bonds. The summed E-state index contributed by atoms with van der Waals surface area (Å²) in [4.78, 5) is 12.3. The lowest BCUT2D eigenvalue weighted by atomic mass is 9.92. The third kappa shape index (κ3) is 3.65. The van der Waals surface area contributed by atoms with Crippen molar-refractivity contribution < 1.29 is 14.6 Å². The van der Waals surface area contributed by atoms with Crippen molar-refractivity contribution in [1.82, 2.24) is 14.5 Å². The zero-order chi connectivity index (χ0) is 23.3. The zero-order valence-electron chi connectivity index (χ0n) is 19.6. The number of hydrogen-bond acceptors (Lipinski definition) is 7. The summed E-state index contributed by atoms with van der Waals surface area (Å²) in [5.41, 5.74) is 3.65. The van der Waals surface area contributed by atoms with Gasteiger partial charge in [-0.3, -0.25) is 4.57 Å². The Morgan fingerprint density at radius 1 is 1.12 bits per heavy atom. The number of rotatable bonds is 6. The second-order valence-electron chi connectivity index (χ2n) is 9.63. The molecule has 2 aliphatic rings. The monoisotopic (exact) mass is 478 g/mol. The maximum atomic E-state index is 9.27. The van der Waals surface area contributed by atoms with Crippen LogP contribution in [0.15, 0.2) is 42.5 Å². The quantitative estimate of drug-likeness (QED) is 0.423. The fourth-order valence-corrected chi connectivity index (χ4v) is 6.76. The van der Waals surface area contributed by atoms with Crippen molar-refractivity contribution >= 4 is 37.7 Å². The van der Waals surface area contributed by atoms with Crippen LogP contribution in [0.5, 0.6) is 6.01 Å². The Bertz CT molecular complexity index is 1330. The van der Waals surface area contributed by atoms with Gasteiger partial charge in [-0.15, -0.1) is 0 Å². The van der Waals surface area contributed by atoms with Gasteiger partial charge in [0.1, 0.15) is 12.3 Å². The largest absolute Gasteiger partial charge is 0.462 e. The fourth-order valence-electron chi connectivity index (χ4n) is 5.56. The van der Waals surface area contributed by atoms with Gasteiger partial charge in [-0.25, -0.2) is 4.98 Å². The molecule has 178 valence electrons. The van der Waals surface area contributed by atoms with Crippen LogP contribution in [0.2, 0.25) is 0 Å². The van der Waals surface area contributed by atoms with Gasteiger partial charge in [0.2, 0.25) is 0 Å². The highest BCUT2D eigenvalue weighted by molar-refractivity contribution is 7.22. The summed E-state index contributed by atoms with van der Waals surface area (Å²) in [7, 11) is 0. The van der Waals surface area contributed by atoms with Gasteiger partial charge in [0.15, 0.2) is 5.13 Å². The molecule has 7 nitrogen and oxygen atoms in total. The number of anilines is 1. The van der Waals surface area contributed by atoms with E-state index in [0.717, 1.165) is 40.1 Å². The summed E-state index contributed by atoms with van der Waals surface area (Å²) in [5.74, 6) is 0. The molecule has 0 bridgehead atoms. The highest BCUT2D eigenvalue weighted by Crippen LogP contribution is 2.45. The molecule has 6 rings (SSSR count). The minimum absolute atomic E-state index is 0.0515. The number of aliphatic hydroxyl groups excluding tert-OH is 1. The maximum absolute atomic E-state index is 9.27. The predicted molar refractivity (Wildman–Crippen MR) is 135 cm³/mol. The van der Waals surface area contributed by atoms with Crippen LogP contribution in [0.4, 0.5) is 5.13 Å². The highest BCUT2D eigenvalue weighted by atomic mass is 32.1. The standard InChI is InChI=1S/C26H30N4O3S/c1-26(2)30(20-11-5-6-12-21(20)33-26)25-28-23-17(8-7-13-22(23)34-25)16-29-19-10-4-3-9-18(19)27-24(29)32-15-14-31/h3-4,7-10,13,20-21,31H,5-6,11-12,14-16H2,1-2H3/t20-,21-/m1/s1. The van der Waals surface area contributed by atoms with E-state index in [1.807, 2.05) is 24.3 Å². The van der Waals surface area contributed by atoms with E-state index in [1.54, 1.807) is 11.3 Å². The van der Waals surface area contributed by atoms with Crippen LogP contribution in [0, 0.1) is 0 Å². The van der Waals surface area contributed by atoms with Crippen molar-refractivity contribution in [2.75, 3.05) is 18.1 Å². The average Bonchev–Trinajstić information content (AvgIpc) is 3.48. The Morgan fingerprint density at radius 3 is 2.85 bits per heavy atom. The van der Waals surface area contributed by atoms with Gasteiger partial charge in [-0.2, -0.15) is 4.98 Å². The van der Waals surface area contributed by atoms with E-state index in [0.29, 0.717) is 24.7 Å². The zero-order valence-corrected chi connectivity index (χ0v) is 20.4. The van der Waals surface area contributed by atoms with E-state index in [-0.39, 0.29) is 18.9 Å². The second-order valence-corrected chi connectivity index (χ2v) is 10.6. The van der Waals surface area contributed by atoms with Gasteiger partial charge in [-0.1, -0.05) is 48.4 Å². The molecule has 4 aromatic rings. The van der Waals surface area contributed by atoms with Crippen molar-refractivity contribution in [3.05, 3.63) is 48.0 Å². The Kier molecular flexibility index (Phi) is 5.47. The van der Waals surface area contributed by atoms with Crippen LogP contribution in [-0.4, -0.2) is 50.7 Å². The van der Waals surface area contributed by atoms with E-state index in [2.05, 4.69) is 46.5 Å². The normalized spacial score (nSPS) is 21.9. The SMILES string of the molecule is CC1(C)O[C@@H]2CCCC[C@H]2N1c1nc2c(Cn3c(OCCO)nc4ccccc43)cccc2s1. The number of fused-ring (bicyclic) bond motifs is 3. The molecule has 1 aliphatic heterocycles. The van der Waals surface area contributed by atoms with Crippen LogP contribution in [-0.2, 0) is 11.3 Å². The van der Waals surface area contributed by atoms with Crippen LogP contribution in [0.3, 0.4) is 0 Å². The second kappa shape index (κ2) is 8.52. The van der Waals surface area contributed by atoms with Gasteiger partial charge < -0.3 is 19.5 Å². The molecule has 0 unspecified atom stereocenters. The average molecular weight is 479 g/mol. The number of benzene rings is 2. The van der Waals surface area contributed by atoms with Crippen molar-refractivity contribution in [2.24, 2.45) is 0 Å². The van der Waals surface area contributed by atoms with Gasteiger partial charge in [0.05, 0.1) is 46.5 Å². The number of nitrogens with zero attached hydrogens (tertiary/aromatic N) is 4. The number of thiazole rings is 1. The van der Waals surface area contributed by atoms with Gasteiger partial charge in [0, 0.05) is 0 Å². The van der Waals surface area contributed by atoms with Crippen molar-refractivity contribution in [3.63, 3.8) is 0 Å². The maximum Gasteiger partial charge on any atom is 0.297 e. The lowest BCUT2D eigenvalue weighted by Crippen LogP contribution is -2.45. The Balaban J connectivity index is 1.40. The van der Waals surface area contributed by atoms with Crippen LogP contribution in [0.1, 0.15) is 45.1 Å². The molecule has 2 aromatic carbocycles. The number of hydrogen-bond donors (Lipinski definition) is 1. The number of aromatic nitrogens is 3. The molecule has 3 heterocycles. The van der Waals surface area contributed by atoms with E-state index in [4.69, 9.17) is 14.5 Å². The van der Waals surface area contributed by atoms with E-state index in [1.165, 1.54) is 17.5 Å². The summed E-state index contributed by atoms with van der Waals surface area (Å²) in [6.07, 6.45) is 5.07. The molecule has 1 N–H and O–H groups in total. The highest BCUT2D eigenvalue weighted by Gasteiger charge is 2.49. The first-order chi connectivity index (χ1) is 16.5. The first-order valence-electron chi connectivity index (χ1n) is 12.1. The summed E-state index contributed by atoms with van der Waals surface area (Å²) >= 11 is 1.75. The molecule has 34 heavy (non-hydrogen) atoms. The number of para-hydroxylation sites is 3. The topological polar surface area (TPSA) is 72.6 Å². The summed E-state index contributed by atoms with van der Waals surface area (Å²) in [6, 6.07) is 15.3. The van der Waals surface area contributed by atoms with Crippen molar-refractivity contribution in [2.45, 2.75) is 63.9 Å². The lowest BCUT2D eigenvalue weighted by Gasteiger charge is -2.34. The van der Waals surface area contributed by atoms with Crippen molar-refractivity contribution in [3.8, 4) is 6.01 Å². The molecule has 2 aromatic heterocycles. The molecule has 0 spiro atoms. The molecule has 1 saturated carbocycles. The van der Waals surface area contributed by atoms with E-state index < -0.39 is 0 Å². The first-order valence-corrected chi connectivity index (χ1v) is 12.9. The molecule has 1 saturated heterocycles. The van der Waals surface area contributed by atoms with Gasteiger partial charge in [-0.05, 0) is 50.5 Å². The third-order valence-electron chi connectivity index (χ3n) is 6.99. The van der Waals surface area contributed by atoms with Crippen LogP contribution >= 0.6 is 11.3 Å². The Morgan fingerprint density at radius 2 is 1.97 bits per heavy atom. The lowest BCUT2D eigenvalue weighted by molar-refractivity contribution is -0.0243. The number of imidazole rings is 1. The molecule has 8 heteroatoms. The molecular formula is C26H30N4O3S. The first kappa shape index (κ1) is 21.8. The van der Waals surface area contributed by atoms with E-state index in [9.17, 15) is 5.11 Å². The van der Waals surface area contributed by atoms with Gasteiger partial charge in [0.25, 0.3) is 6.01 Å². The molecule has 2 fully saturated rings. The minimum atomic E-state index is -0.362. The third-order valence-corrected chi connectivity index (χ3v) is 8.01. The minimum Gasteiger partial charge on any atom is -0.462 e. The van der Waals surface area contributed by atoms with Crippen LogP contribution < -0.4 is 9.64 Å². The Labute approximate surface area is 202 Å². The Hall–Kier alpha value is -2.68. The summed E-state index contributed by atoms with van der Waals surface area (Å²) < 4.78 is 15.5. The predicted octanol–water partition coefficient (Wildman–Crippen LogP) is 4.95. The summed E-state index contributed by atoms with van der Waals surface area (Å²) in [6.45, 7) is 5.08. The smallest absolute Gasteiger partial charge is 0.297 e. The molecule has 2 atom stereocenters.